The van der Waals surface area contributed by atoms with Crippen molar-refractivity contribution < 1.29 is 0 Å². The molecule has 0 spiro atoms. The van der Waals surface area contributed by atoms with Crippen LogP contribution in [-0.4, -0.2) is 0 Å². The highest BCUT2D eigenvalue weighted by molar-refractivity contribution is 9.11. The smallest absolute Gasteiger partial charge is 0.0847 e. The van der Waals surface area contributed by atoms with Gasteiger partial charge < -0.3 is 0 Å². The van der Waals surface area contributed by atoms with Crippen LogP contribution >= 0.6 is 59.4 Å². The predicted octanol–water partition coefficient (Wildman–Crippen LogP) is 6.61. The third kappa shape index (κ3) is 3.19. The fraction of sp³-hybridized carbons (Fsp3) is 0.143. The van der Waals surface area contributed by atoms with Crippen molar-refractivity contribution in [3.05, 3.63) is 66.5 Å². The van der Waals surface area contributed by atoms with Crippen molar-refractivity contribution in [2.24, 2.45) is 0 Å². The third-order valence-corrected chi connectivity index (χ3v) is 5.28. The Hall–Kier alpha value is 0.170. The summed E-state index contributed by atoms with van der Waals surface area (Å²) in [4.78, 5) is 0. The van der Waals surface area contributed by atoms with Gasteiger partial charge in [-0.1, -0.05) is 59.9 Å². The van der Waals surface area contributed by atoms with Crippen molar-refractivity contribution in [2.75, 3.05) is 0 Å². The fourth-order valence-electron chi connectivity index (χ4n) is 1.66. The van der Waals surface area contributed by atoms with Crippen LogP contribution in [-0.2, 0) is 0 Å². The van der Waals surface area contributed by atoms with E-state index in [0.717, 1.165) is 24.5 Å². The monoisotopic (exact) mass is 450 g/mol. The zero-order valence-electron chi connectivity index (χ0n) is 9.55. The molecule has 0 aliphatic heterocycles. The number of benzene rings is 2. The van der Waals surface area contributed by atoms with Crippen LogP contribution in [0.15, 0.2) is 49.8 Å². The van der Waals surface area contributed by atoms with Crippen molar-refractivity contribution in [3.8, 4) is 0 Å². The van der Waals surface area contributed by atoms with Crippen LogP contribution in [0.2, 0.25) is 0 Å². The average Bonchev–Trinajstić information content (AvgIpc) is 2.35. The summed E-state index contributed by atoms with van der Waals surface area (Å²) in [6, 6.07) is 12.2. The molecule has 18 heavy (non-hydrogen) atoms. The van der Waals surface area contributed by atoms with E-state index in [2.05, 4.69) is 72.9 Å². The number of halogens is 4. The zero-order valence-corrected chi connectivity index (χ0v) is 15.1. The Balaban J connectivity index is 2.44. The highest BCUT2D eigenvalue weighted by Crippen LogP contribution is 2.36. The maximum atomic E-state index is 6.56. The van der Waals surface area contributed by atoms with Gasteiger partial charge in [-0.2, -0.15) is 0 Å². The van der Waals surface area contributed by atoms with Crippen molar-refractivity contribution in [3.63, 3.8) is 0 Å². The molecule has 94 valence electrons. The lowest BCUT2D eigenvalue weighted by atomic mass is 10.0. The number of alkyl halides is 1. The average molecular weight is 453 g/mol. The lowest BCUT2D eigenvalue weighted by molar-refractivity contribution is 1.12. The molecule has 2 rings (SSSR count). The highest BCUT2D eigenvalue weighted by atomic mass is 79.9. The highest BCUT2D eigenvalue weighted by Gasteiger charge is 2.15. The van der Waals surface area contributed by atoms with Crippen molar-refractivity contribution in [1.82, 2.24) is 0 Å². The van der Waals surface area contributed by atoms with Crippen LogP contribution in [0.5, 0.6) is 0 Å². The molecule has 0 aliphatic rings. The Kier molecular flexibility index (Phi) is 4.92. The van der Waals surface area contributed by atoms with Crippen LogP contribution in [0.1, 0.15) is 22.1 Å². The Morgan fingerprint density at radius 2 is 1.67 bits per heavy atom. The molecule has 1 unspecified atom stereocenters. The van der Waals surface area contributed by atoms with Crippen molar-refractivity contribution in [2.45, 2.75) is 12.3 Å². The molecule has 2 aromatic rings. The summed E-state index contributed by atoms with van der Waals surface area (Å²) in [6.45, 7) is 2.06. The van der Waals surface area contributed by atoms with E-state index in [1.54, 1.807) is 0 Å². The minimum Gasteiger partial charge on any atom is -0.113 e. The molecule has 0 amide bonds. The van der Waals surface area contributed by atoms with E-state index in [1.807, 2.05) is 18.2 Å². The van der Waals surface area contributed by atoms with Crippen LogP contribution in [0.25, 0.3) is 0 Å². The summed E-state index contributed by atoms with van der Waals surface area (Å²) in [7, 11) is 0. The minimum atomic E-state index is -0.172. The van der Waals surface area contributed by atoms with Crippen LogP contribution in [0.3, 0.4) is 0 Å². The first-order chi connectivity index (χ1) is 8.49. The van der Waals surface area contributed by atoms with E-state index < -0.39 is 0 Å². The van der Waals surface area contributed by atoms with Gasteiger partial charge in [-0.25, -0.2) is 0 Å². The Labute approximate surface area is 137 Å². The molecule has 0 heterocycles. The topological polar surface area (TPSA) is 0 Å². The molecule has 0 bridgehead atoms. The van der Waals surface area contributed by atoms with Gasteiger partial charge in [0, 0.05) is 13.4 Å². The summed E-state index contributed by atoms with van der Waals surface area (Å²) in [5.74, 6) is 0. The van der Waals surface area contributed by atoms with E-state index in [9.17, 15) is 0 Å². The van der Waals surface area contributed by atoms with Crippen LogP contribution in [0, 0.1) is 6.92 Å². The van der Waals surface area contributed by atoms with E-state index in [4.69, 9.17) is 11.6 Å². The molecule has 4 heteroatoms. The molecular weight excluding hydrogens is 443 g/mol. The van der Waals surface area contributed by atoms with Crippen molar-refractivity contribution in [1.29, 1.82) is 0 Å². The third-order valence-electron chi connectivity index (χ3n) is 2.72. The minimum absolute atomic E-state index is 0.172. The van der Waals surface area contributed by atoms with Gasteiger partial charge in [-0.15, -0.1) is 11.6 Å². The van der Waals surface area contributed by atoms with Gasteiger partial charge in [-0.05, 0) is 47.9 Å². The molecule has 0 N–H and O–H groups in total. The maximum Gasteiger partial charge on any atom is 0.0847 e. The van der Waals surface area contributed by atoms with Gasteiger partial charge in [0.25, 0.3) is 0 Å². The molecule has 2 aromatic carbocycles. The molecule has 0 nitrogen and oxygen atoms in total. The largest absolute Gasteiger partial charge is 0.113 e. The lowest BCUT2D eigenvalue weighted by Gasteiger charge is -2.14. The molecule has 0 saturated carbocycles. The second-order valence-electron chi connectivity index (χ2n) is 4.04. The molecule has 0 aromatic heterocycles. The molecule has 0 fully saturated rings. The van der Waals surface area contributed by atoms with Crippen LogP contribution in [0.4, 0.5) is 0 Å². The summed E-state index contributed by atoms with van der Waals surface area (Å²) < 4.78 is 3.12. The van der Waals surface area contributed by atoms with E-state index in [0.29, 0.717) is 0 Å². The zero-order chi connectivity index (χ0) is 13.3. The second-order valence-corrected chi connectivity index (χ2v) is 7.10. The Morgan fingerprint density at radius 3 is 2.33 bits per heavy atom. The van der Waals surface area contributed by atoms with Gasteiger partial charge in [0.2, 0.25) is 0 Å². The van der Waals surface area contributed by atoms with Crippen LogP contribution < -0.4 is 0 Å². The summed E-state index contributed by atoms with van der Waals surface area (Å²) in [6.07, 6.45) is 0. The quantitative estimate of drug-likeness (QED) is 0.449. The lowest BCUT2D eigenvalue weighted by Crippen LogP contribution is -1.95. The molecule has 0 radical (unpaired) electrons. The molecular formula is C14H10Br3Cl. The summed E-state index contributed by atoms with van der Waals surface area (Å²) >= 11 is 17.1. The fourth-order valence-corrected chi connectivity index (χ4v) is 3.35. The number of rotatable bonds is 2. The van der Waals surface area contributed by atoms with Gasteiger partial charge in [0.1, 0.15) is 0 Å². The molecule has 1 atom stereocenters. The number of hydrogen-bond acceptors (Lipinski definition) is 0. The van der Waals surface area contributed by atoms with Crippen molar-refractivity contribution >= 4 is 59.4 Å². The van der Waals surface area contributed by atoms with Gasteiger partial charge in [0.15, 0.2) is 0 Å². The standard InChI is InChI=1S/C14H10Br3Cl/c1-8-2-3-9(6-13(8)17)14(18)11-7-10(15)4-5-12(11)16/h2-7,14H,1H3. The SMILES string of the molecule is Cc1ccc(C(Cl)c2cc(Br)ccc2Br)cc1Br. The van der Waals surface area contributed by atoms with E-state index >= 15 is 0 Å². The van der Waals surface area contributed by atoms with E-state index in [1.165, 1.54) is 5.56 Å². The predicted molar refractivity (Wildman–Crippen MR) is 88.4 cm³/mol. The Morgan fingerprint density at radius 1 is 0.944 bits per heavy atom. The van der Waals surface area contributed by atoms with Gasteiger partial charge in [0.05, 0.1) is 5.38 Å². The molecule has 0 saturated heterocycles. The second kappa shape index (κ2) is 6.08. The normalized spacial score (nSPS) is 12.5. The van der Waals surface area contributed by atoms with Gasteiger partial charge >= 0.3 is 0 Å². The molecule has 0 aliphatic carbocycles. The first kappa shape index (κ1) is 14.6. The van der Waals surface area contributed by atoms with E-state index in [-0.39, 0.29) is 5.38 Å². The first-order valence-corrected chi connectivity index (χ1v) is 8.15. The maximum absolute atomic E-state index is 6.56. The Bertz CT molecular complexity index is 581. The number of hydrogen-bond donors (Lipinski definition) is 0. The number of aryl methyl sites for hydroxylation is 1. The first-order valence-electron chi connectivity index (χ1n) is 5.34. The van der Waals surface area contributed by atoms with Gasteiger partial charge in [-0.3, -0.25) is 0 Å². The summed E-state index contributed by atoms with van der Waals surface area (Å²) in [5, 5.41) is -0.172. The summed E-state index contributed by atoms with van der Waals surface area (Å²) in [5.41, 5.74) is 3.34.